The van der Waals surface area contributed by atoms with Gasteiger partial charge in [-0.3, -0.25) is 4.79 Å². The highest BCUT2D eigenvalue weighted by Crippen LogP contribution is 2.35. The number of nitrogens with two attached hydrogens (primary N) is 1. The van der Waals surface area contributed by atoms with Gasteiger partial charge in [0.15, 0.2) is 11.6 Å². The molecule has 2 aromatic carbocycles. The van der Waals surface area contributed by atoms with Gasteiger partial charge in [-0.15, -0.1) is 0 Å². The predicted molar refractivity (Wildman–Crippen MR) is 107 cm³/mol. The summed E-state index contributed by atoms with van der Waals surface area (Å²) in [6.07, 6.45) is 2.31. The number of benzene rings is 2. The molecular formula is C22H20FN3O2. The molecule has 0 unspecified atom stereocenters. The first-order valence-electron chi connectivity index (χ1n) is 8.99. The molecule has 0 saturated heterocycles. The molecular weight excluding hydrogens is 357 g/mol. The van der Waals surface area contributed by atoms with Crippen LogP contribution in [0.3, 0.4) is 0 Å². The summed E-state index contributed by atoms with van der Waals surface area (Å²) in [7, 11) is 1.44. The average Bonchev–Trinajstić information content (AvgIpc) is 2.70. The summed E-state index contributed by atoms with van der Waals surface area (Å²) < 4.78 is 20.0. The summed E-state index contributed by atoms with van der Waals surface area (Å²) >= 11 is 0. The number of hydrogen-bond acceptors (Lipinski definition) is 4. The SMILES string of the molecule is COc1cc(C)cc(-c2cnc(N)c(-c3ccc4c(c3)CCNC4=O)c2)c1F. The quantitative estimate of drug-likeness (QED) is 0.729. The first-order valence-corrected chi connectivity index (χ1v) is 8.99. The van der Waals surface area contributed by atoms with Gasteiger partial charge in [-0.05, 0) is 54.3 Å². The molecule has 0 radical (unpaired) electrons. The van der Waals surface area contributed by atoms with Crippen LogP contribution in [-0.4, -0.2) is 24.5 Å². The molecule has 0 bridgehead atoms. The number of anilines is 1. The largest absolute Gasteiger partial charge is 0.494 e. The van der Waals surface area contributed by atoms with Crippen molar-refractivity contribution in [2.24, 2.45) is 0 Å². The minimum absolute atomic E-state index is 0.0680. The Morgan fingerprint density at radius 1 is 1.11 bits per heavy atom. The van der Waals surface area contributed by atoms with E-state index in [-0.39, 0.29) is 11.7 Å². The summed E-state index contributed by atoms with van der Waals surface area (Å²) in [6, 6.07) is 10.8. The van der Waals surface area contributed by atoms with E-state index in [0.29, 0.717) is 34.6 Å². The smallest absolute Gasteiger partial charge is 0.251 e. The number of aryl methyl sites for hydroxylation is 1. The minimum atomic E-state index is -0.437. The fraction of sp³-hybridized carbons (Fsp3) is 0.182. The summed E-state index contributed by atoms with van der Waals surface area (Å²) in [4.78, 5) is 16.2. The lowest BCUT2D eigenvalue weighted by Crippen LogP contribution is -2.31. The third-order valence-corrected chi connectivity index (χ3v) is 4.97. The van der Waals surface area contributed by atoms with Crippen LogP contribution in [0.15, 0.2) is 42.6 Å². The summed E-state index contributed by atoms with van der Waals surface area (Å²) in [6.45, 7) is 2.49. The van der Waals surface area contributed by atoms with Crippen LogP contribution in [0.2, 0.25) is 0 Å². The van der Waals surface area contributed by atoms with Gasteiger partial charge in [0.2, 0.25) is 0 Å². The van der Waals surface area contributed by atoms with Crippen molar-refractivity contribution >= 4 is 11.7 Å². The molecule has 1 aliphatic rings. The van der Waals surface area contributed by atoms with Crippen LogP contribution in [-0.2, 0) is 6.42 Å². The van der Waals surface area contributed by atoms with Crippen molar-refractivity contribution in [1.29, 1.82) is 0 Å². The molecule has 0 aliphatic carbocycles. The van der Waals surface area contributed by atoms with Crippen molar-refractivity contribution in [2.75, 3.05) is 19.4 Å². The van der Waals surface area contributed by atoms with Crippen molar-refractivity contribution < 1.29 is 13.9 Å². The molecule has 1 aliphatic heterocycles. The van der Waals surface area contributed by atoms with Crippen LogP contribution >= 0.6 is 0 Å². The molecule has 0 fully saturated rings. The highest BCUT2D eigenvalue weighted by atomic mass is 19.1. The first kappa shape index (κ1) is 18.0. The number of pyridine rings is 1. The van der Waals surface area contributed by atoms with Gasteiger partial charge in [0, 0.05) is 35.0 Å². The number of nitrogens with one attached hydrogen (secondary N) is 1. The van der Waals surface area contributed by atoms with E-state index in [1.807, 2.05) is 25.1 Å². The lowest BCUT2D eigenvalue weighted by molar-refractivity contribution is 0.0946. The van der Waals surface area contributed by atoms with E-state index in [2.05, 4.69) is 10.3 Å². The Hall–Kier alpha value is -3.41. The molecule has 3 aromatic rings. The monoisotopic (exact) mass is 377 g/mol. The molecule has 2 heterocycles. The molecule has 1 amide bonds. The van der Waals surface area contributed by atoms with Gasteiger partial charge in [-0.25, -0.2) is 9.37 Å². The lowest BCUT2D eigenvalue weighted by Gasteiger charge is -2.18. The second-order valence-electron chi connectivity index (χ2n) is 6.86. The van der Waals surface area contributed by atoms with Gasteiger partial charge in [0.05, 0.1) is 7.11 Å². The van der Waals surface area contributed by atoms with E-state index in [9.17, 15) is 9.18 Å². The molecule has 0 atom stereocenters. The number of ether oxygens (including phenoxy) is 1. The Kier molecular flexibility index (Phi) is 4.47. The van der Waals surface area contributed by atoms with Crippen LogP contribution in [0.1, 0.15) is 21.5 Å². The zero-order valence-corrected chi connectivity index (χ0v) is 15.7. The second kappa shape index (κ2) is 6.96. The molecule has 6 heteroatoms. The number of fused-ring (bicyclic) bond motifs is 1. The van der Waals surface area contributed by atoms with Gasteiger partial charge >= 0.3 is 0 Å². The van der Waals surface area contributed by atoms with Crippen molar-refractivity contribution in [2.45, 2.75) is 13.3 Å². The van der Waals surface area contributed by atoms with Gasteiger partial charge < -0.3 is 15.8 Å². The Morgan fingerprint density at radius 3 is 2.71 bits per heavy atom. The van der Waals surface area contributed by atoms with Gasteiger partial charge in [-0.2, -0.15) is 0 Å². The fourth-order valence-electron chi connectivity index (χ4n) is 3.54. The lowest BCUT2D eigenvalue weighted by atomic mass is 9.94. The molecule has 142 valence electrons. The third kappa shape index (κ3) is 3.07. The summed E-state index contributed by atoms with van der Waals surface area (Å²) in [5.41, 5.74) is 11.2. The minimum Gasteiger partial charge on any atom is -0.494 e. The maximum Gasteiger partial charge on any atom is 0.251 e. The number of carbonyl (C=O) groups excluding carboxylic acids is 1. The van der Waals surface area contributed by atoms with E-state index < -0.39 is 5.82 Å². The van der Waals surface area contributed by atoms with Gasteiger partial charge in [-0.1, -0.05) is 12.1 Å². The molecule has 3 N–H and O–H groups in total. The zero-order valence-electron chi connectivity index (χ0n) is 15.7. The van der Waals surface area contributed by atoms with Crippen molar-refractivity contribution in [1.82, 2.24) is 10.3 Å². The highest BCUT2D eigenvalue weighted by Gasteiger charge is 2.19. The number of methoxy groups -OCH3 is 1. The number of amides is 1. The molecule has 0 saturated carbocycles. The number of nitrogens with zero attached hydrogens (tertiary/aromatic N) is 1. The molecule has 28 heavy (non-hydrogen) atoms. The Labute approximate surface area is 162 Å². The van der Waals surface area contributed by atoms with Crippen molar-refractivity contribution in [3.05, 3.63) is 65.1 Å². The van der Waals surface area contributed by atoms with Gasteiger partial charge in [0.25, 0.3) is 5.91 Å². The number of rotatable bonds is 3. The van der Waals surface area contributed by atoms with Crippen LogP contribution in [0, 0.1) is 12.7 Å². The van der Waals surface area contributed by atoms with Crippen LogP contribution in [0.4, 0.5) is 10.2 Å². The normalized spacial score (nSPS) is 13.0. The van der Waals surface area contributed by atoms with Gasteiger partial charge in [0.1, 0.15) is 5.82 Å². The first-order chi connectivity index (χ1) is 13.5. The summed E-state index contributed by atoms with van der Waals surface area (Å²) in [5, 5.41) is 2.83. The number of carbonyl (C=O) groups is 1. The van der Waals surface area contributed by atoms with E-state index >= 15 is 0 Å². The molecule has 4 rings (SSSR count). The Bertz CT molecular complexity index is 1100. The number of aromatic nitrogens is 1. The maximum absolute atomic E-state index is 14.8. The number of nitrogen functional groups attached to an aromatic ring is 1. The molecule has 1 aromatic heterocycles. The predicted octanol–water partition coefficient (Wildman–Crippen LogP) is 3.74. The van der Waals surface area contributed by atoms with Crippen molar-refractivity contribution in [3.63, 3.8) is 0 Å². The fourth-order valence-corrected chi connectivity index (χ4v) is 3.54. The van der Waals surface area contributed by atoms with E-state index in [4.69, 9.17) is 10.5 Å². The molecule has 5 nitrogen and oxygen atoms in total. The highest BCUT2D eigenvalue weighted by molar-refractivity contribution is 5.97. The van der Waals surface area contributed by atoms with Crippen LogP contribution in [0.25, 0.3) is 22.3 Å². The zero-order chi connectivity index (χ0) is 19.8. The Balaban J connectivity index is 1.83. The second-order valence-corrected chi connectivity index (χ2v) is 6.86. The van der Waals surface area contributed by atoms with Crippen LogP contribution in [0.5, 0.6) is 5.75 Å². The number of hydrogen-bond donors (Lipinski definition) is 2. The third-order valence-electron chi connectivity index (χ3n) is 4.97. The topological polar surface area (TPSA) is 77.2 Å². The maximum atomic E-state index is 14.8. The molecule has 0 spiro atoms. The van der Waals surface area contributed by atoms with E-state index in [0.717, 1.165) is 23.1 Å². The van der Waals surface area contributed by atoms with Crippen LogP contribution < -0.4 is 15.8 Å². The number of halogens is 1. The Morgan fingerprint density at radius 2 is 1.93 bits per heavy atom. The average molecular weight is 377 g/mol. The summed E-state index contributed by atoms with van der Waals surface area (Å²) in [5.74, 6) is 0.0338. The van der Waals surface area contributed by atoms with E-state index in [1.165, 1.54) is 7.11 Å². The standard InChI is InChI=1S/C22H20FN3O2/c1-12-7-17(20(23)19(8-12)28-2)15-10-18(21(24)26-11-15)13-3-4-16-14(9-13)5-6-25-22(16)27/h3-4,7-11H,5-6H2,1-2H3,(H2,24,26)(H,25,27). The van der Waals surface area contributed by atoms with E-state index in [1.54, 1.807) is 24.4 Å². The van der Waals surface area contributed by atoms with Crippen molar-refractivity contribution in [3.8, 4) is 28.0 Å².